The quantitative estimate of drug-likeness (QED) is 0.856. The number of aryl methyl sites for hydroxylation is 1. The van der Waals surface area contributed by atoms with Crippen molar-refractivity contribution in [2.45, 2.75) is 45.8 Å². The van der Waals surface area contributed by atoms with Crippen LogP contribution >= 0.6 is 23.2 Å². The van der Waals surface area contributed by atoms with Crippen LogP contribution in [0.25, 0.3) is 0 Å². The van der Waals surface area contributed by atoms with E-state index in [1.54, 1.807) is 0 Å². The fourth-order valence-electron chi connectivity index (χ4n) is 2.40. The summed E-state index contributed by atoms with van der Waals surface area (Å²) < 4.78 is 5.78. The molecule has 1 aromatic rings. The predicted octanol–water partition coefficient (Wildman–Crippen LogP) is 4.92. The van der Waals surface area contributed by atoms with Crippen LogP contribution < -0.4 is 5.32 Å². The van der Waals surface area contributed by atoms with Crippen LogP contribution in [-0.4, -0.2) is 18.8 Å². The van der Waals surface area contributed by atoms with Crippen LogP contribution in [0.4, 0.5) is 5.69 Å². The Morgan fingerprint density at radius 2 is 2.00 bits per heavy atom. The number of hydrogen-bond donors (Lipinski definition) is 1. The smallest absolute Gasteiger partial charge is 0.0641 e. The fraction of sp³-hybridized carbons (Fsp3) is 0.600. The standard InChI is InChI=1S/C15H21Cl2NO/c1-9(2)15-7-11(4-5-19-15)18-14-8-12(16)10(3)6-13(14)17/h6,8-9,11,15,18H,4-5,7H2,1-3H3. The van der Waals surface area contributed by atoms with Crippen molar-refractivity contribution in [2.75, 3.05) is 11.9 Å². The van der Waals surface area contributed by atoms with Gasteiger partial charge in [0.1, 0.15) is 0 Å². The van der Waals surface area contributed by atoms with E-state index < -0.39 is 0 Å². The Kier molecular flexibility index (Phi) is 4.99. The molecule has 0 aromatic heterocycles. The third-order valence-corrected chi connectivity index (χ3v) is 4.39. The Morgan fingerprint density at radius 1 is 1.26 bits per heavy atom. The third-order valence-electron chi connectivity index (χ3n) is 3.67. The first-order valence-electron chi connectivity index (χ1n) is 6.81. The summed E-state index contributed by atoms with van der Waals surface area (Å²) >= 11 is 12.4. The largest absolute Gasteiger partial charge is 0.381 e. The molecular weight excluding hydrogens is 281 g/mol. The topological polar surface area (TPSA) is 21.3 Å². The van der Waals surface area contributed by atoms with Gasteiger partial charge in [0.25, 0.3) is 0 Å². The van der Waals surface area contributed by atoms with Crippen molar-refractivity contribution in [1.82, 2.24) is 0 Å². The van der Waals surface area contributed by atoms with E-state index in [1.165, 1.54) is 0 Å². The molecule has 1 saturated heterocycles. The Hall–Kier alpha value is -0.440. The van der Waals surface area contributed by atoms with Crippen LogP contribution in [0.5, 0.6) is 0 Å². The molecule has 1 aromatic carbocycles. The van der Waals surface area contributed by atoms with Gasteiger partial charge in [0.15, 0.2) is 0 Å². The summed E-state index contributed by atoms with van der Waals surface area (Å²) in [5.74, 6) is 0.543. The Labute approximate surface area is 125 Å². The maximum absolute atomic E-state index is 6.27. The number of benzene rings is 1. The molecular formula is C15H21Cl2NO. The first-order valence-corrected chi connectivity index (χ1v) is 7.56. The van der Waals surface area contributed by atoms with Gasteiger partial charge in [-0.3, -0.25) is 0 Å². The first-order chi connectivity index (χ1) is 8.97. The van der Waals surface area contributed by atoms with E-state index in [0.717, 1.165) is 40.7 Å². The van der Waals surface area contributed by atoms with Gasteiger partial charge in [-0.25, -0.2) is 0 Å². The molecule has 0 saturated carbocycles. The Morgan fingerprint density at radius 3 is 2.68 bits per heavy atom. The lowest BCUT2D eigenvalue weighted by molar-refractivity contribution is -0.0160. The SMILES string of the molecule is Cc1cc(Cl)c(NC2CCOC(C(C)C)C2)cc1Cl. The minimum atomic E-state index is 0.325. The minimum absolute atomic E-state index is 0.325. The Bertz CT molecular complexity index is 448. The van der Waals surface area contributed by atoms with E-state index in [9.17, 15) is 0 Å². The van der Waals surface area contributed by atoms with Crippen LogP contribution in [0.15, 0.2) is 12.1 Å². The summed E-state index contributed by atoms with van der Waals surface area (Å²) in [5.41, 5.74) is 1.93. The van der Waals surface area contributed by atoms with E-state index >= 15 is 0 Å². The van der Waals surface area contributed by atoms with Crippen molar-refractivity contribution >= 4 is 28.9 Å². The molecule has 4 heteroatoms. The molecule has 2 nitrogen and oxygen atoms in total. The maximum Gasteiger partial charge on any atom is 0.0641 e. The molecule has 0 spiro atoms. The average molecular weight is 302 g/mol. The summed E-state index contributed by atoms with van der Waals surface area (Å²) in [5, 5.41) is 4.99. The molecule has 0 radical (unpaired) electrons. The summed E-state index contributed by atoms with van der Waals surface area (Å²) in [4.78, 5) is 0. The van der Waals surface area contributed by atoms with Gasteiger partial charge in [-0.05, 0) is 43.4 Å². The highest BCUT2D eigenvalue weighted by molar-refractivity contribution is 6.35. The molecule has 106 valence electrons. The van der Waals surface area contributed by atoms with Crippen molar-refractivity contribution in [1.29, 1.82) is 0 Å². The molecule has 2 unspecified atom stereocenters. The Balaban J connectivity index is 2.06. The number of rotatable bonds is 3. The molecule has 19 heavy (non-hydrogen) atoms. The van der Waals surface area contributed by atoms with Crippen molar-refractivity contribution in [2.24, 2.45) is 5.92 Å². The van der Waals surface area contributed by atoms with Crippen LogP contribution in [0.3, 0.4) is 0 Å². The highest BCUT2D eigenvalue weighted by Crippen LogP contribution is 2.31. The fourth-order valence-corrected chi connectivity index (χ4v) is 2.84. The van der Waals surface area contributed by atoms with Gasteiger partial charge >= 0.3 is 0 Å². The van der Waals surface area contributed by atoms with Gasteiger partial charge in [0.2, 0.25) is 0 Å². The molecule has 0 amide bonds. The lowest BCUT2D eigenvalue weighted by atomic mass is 9.95. The van der Waals surface area contributed by atoms with E-state index in [2.05, 4.69) is 19.2 Å². The van der Waals surface area contributed by atoms with E-state index in [1.807, 2.05) is 19.1 Å². The number of nitrogens with one attached hydrogen (secondary N) is 1. The van der Waals surface area contributed by atoms with E-state index in [4.69, 9.17) is 27.9 Å². The predicted molar refractivity (Wildman–Crippen MR) is 82.4 cm³/mol. The van der Waals surface area contributed by atoms with E-state index in [-0.39, 0.29) is 0 Å². The normalized spacial score (nSPS) is 23.7. The van der Waals surface area contributed by atoms with Gasteiger partial charge in [0.05, 0.1) is 16.8 Å². The number of hydrogen-bond acceptors (Lipinski definition) is 2. The lowest BCUT2D eigenvalue weighted by Gasteiger charge is -2.33. The summed E-state index contributed by atoms with van der Waals surface area (Å²) in [6, 6.07) is 4.22. The second kappa shape index (κ2) is 6.34. The molecule has 2 rings (SSSR count). The van der Waals surface area contributed by atoms with Crippen molar-refractivity contribution in [3.8, 4) is 0 Å². The van der Waals surface area contributed by atoms with Gasteiger partial charge in [-0.15, -0.1) is 0 Å². The highest BCUT2D eigenvalue weighted by atomic mass is 35.5. The molecule has 0 bridgehead atoms. The molecule has 1 N–H and O–H groups in total. The maximum atomic E-state index is 6.27. The minimum Gasteiger partial charge on any atom is -0.381 e. The lowest BCUT2D eigenvalue weighted by Crippen LogP contribution is -2.36. The van der Waals surface area contributed by atoms with Crippen LogP contribution in [-0.2, 0) is 4.74 Å². The van der Waals surface area contributed by atoms with Crippen molar-refractivity contribution in [3.05, 3.63) is 27.7 Å². The second-order valence-corrected chi connectivity index (χ2v) is 6.41. The first kappa shape index (κ1) is 15.0. The van der Waals surface area contributed by atoms with Crippen molar-refractivity contribution in [3.63, 3.8) is 0 Å². The average Bonchev–Trinajstić information content (AvgIpc) is 2.36. The highest BCUT2D eigenvalue weighted by Gasteiger charge is 2.25. The third kappa shape index (κ3) is 3.77. The van der Waals surface area contributed by atoms with Crippen LogP contribution in [0, 0.1) is 12.8 Å². The molecule has 1 fully saturated rings. The second-order valence-electron chi connectivity index (χ2n) is 5.60. The summed E-state index contributed by atoms with van der Waals surface area (Å²) in [7, 11) is 0. The molecule has 1 aliphatic heterocycles. The monoisotopic (exact) mass is 301 g/mol. The van der Waals surface area contributed by atoms with Crippen LogP contribution in [0.1, 0.15) is 32.3 Å². The zero-order valence-electron chi connectivity index (χ0n) is 11.7. The molecule has 0 aliphatic carbocycles. The molecule has 1 heterocycles. The number of halogens is 2. The number of ether oxygens (including phenoxy) is 1. The molecule has 1 aliphatic rings. The molecule has 2 atom stereocenters. The summed E-state index contributed by atoms with van der Waals surface area (Å²) in [6.45, 7) is 7.16. The van der Waals surface area contributed by atoms with Gasteiger partial charge in [0, 0.05) is 17.7 Å². The van der Waals surface area contributed by atoms with Crippen LogP contribution in [0.2, 0.25) is 10.0 Å². The number of anilines is 1. The zero-order valence-corrected chi connectivity index (χ0v) is 13.2. The van der Waals surface area contributed by atoms with Gasteiger partial charge in [-0.1, -0.05) is 37.0 Å². The van der Waals surface area contributed by atoms with E-state index in [0.29, 0.717) is 18.1 Å². The zero-order chi connectivity index (χ0) is 14.0. The summed E-state index contributed by atoms with van der Waals surface area (Å²) in [6.07, 6.45) is 2.34. The van der Waals surface area contributed by atoms with Gasteiger partial charge in [-0.2, -0.15) is 0 Å². The van der Waals surface area contributed by atoms with Gasteiger partial charge < -0.3 is 10.1 Å². The van der Waals surface area contributed by atoms with Crippen molar-refractivity contribution < 1.29 is 4.74 Å².